The van der Waals surface area contributed by atoms with E-state index in [1.165, 1.54) is 0 Å². The van der Waals surface area contributed by atoms with Crippen LogP contribution in [0.15, 0.2) is 53.6 Å². The minimum Gasteiger partial charge on any atom is -0.361 e. The van der Waals surface area contributed by atoms with Crippen molar-refractivity contribution in [2.24, 2.45) is 33.0 Å². The van der Waals surface area contributed by atoms with Gasteiger partial charge in [-0.15, -0.1) is 0 Å². The third-order valence-corrected chi connectivity index (χ3v) is 8.46. The molecule has 6 heteroatoms. The Hall–Kier alpha value is -2.44. The van der Waals surface area contributed by atoms with Crippen molar-refractivity contribution < 1.29 is 19.8 Å². The molecule has 1 aromatic carbocycles. The highest BCUT2D eigenvalue weighted by Gasteiger charge is 2.65. The van der Waals surface area contributed by atoms with E-state index in [4.69, 9.17) is 0 Å². The zero-order chi connectivity index (χ0) is 30.9. The largest absolute Gasteiger partial charge is 0.361 e. The summed E-state index contributed by atoms with van der Waals surface area (Å²) in [5.41, 5.74) is 4.68. The Morgan fingerprint density at radius 1 is 0.800 bits per heavy atom. The number of nitrogens with one attached hydrogen (secondary N) is 2. The van der Waals surface area contributed by atoms with Gasteiger partial charge in [-0.1, -0.05) is 126 Å². The first-order valence-electron chi connectivity index (χ1n) is 14.5. The number of hydrogen-bond acceptors (Lipinski definition) is 4. The lowest BCUT2D eigenvalue weighted by atomic mass is 9.45. The van der Waals surface area contributed by atoms with E-state index in [9.17, 15) is 19.8 Å². The molecule has 2 rings (SSSR count). The number of aliphatic hydroxyl groups is 2. The molecule has 0 aromatic heterocycles. The molecule has 0 saturated heterocycles. The van der Waals surface area contributed by atoms with E-state index in [2.05, 4.69) is 31.6 Å². The minimum atomic E-state index is -2.11. The van der Waals surface area contributed by atoms with E-state index in [1.807, 2.05) is 105 Å². The van der Waals surface area contributed by atoms with Gasteiger partial charge in [0.25, 0.3) is 0 Å². The second-order valence-corrected chi connectivity index (χ2v) is 15.6. The Labute approximate surface area is 242 Å². The normalized spacial score (nSPS) is 18.4. The standard InChI is InChI=1S/C34H54N2O4/c1-29(2,3)25(21-28(38)36-35-27(37)19-18-23-16-14-13-15-17-23)24-20-26(30(4,5)6)34(39,40)33(22-24,31(7,8)9)32(10,11)12/h13-17,20,22,25,39-40H,18-19,21H2,1-12H3,(H,35,37)(H,36,38). The van der Waals surface area contributed by atoms with Crippen LogP contribution in [0.25, 0.3) is 0 Å². The maximum atomic E-state index is 13.2. The van der Waals surface area contributed by atoms with Crippen molar-refractivity contribution in [1.82, 2.24) is 10.9 Å². The average molecular weight is 555 g/mol. The van der Waals surface area contributed by atoms with Crippen molar-refractivity contribution in [3.05, 3.63) is 59.2 Å². The maximum absolute atomic E-state index is 13.2. The van der Waals surface area contributed by atoms with Gasteiger partial charge in [0.1, 0.15) is 0 Å². The molecule has 40 heavy (non-hydrogen) atoms. The average Bonchev–Trinajstić information content (AvgIpc) is 2.77. The summed E-state index contributed by atoms with van der Waals surface area (Å²) >= 11 is 0. The number of hydrogen-bond donors (Lipinski definition) is 4. The van der Waals surface area contributed by atoms with Crippen molar-refractivity contribution >= 4 is 11.8 Å². The second kappa shape index (κ2) is 11.4. The molecule has 2 amide bonds. The molecule has 0 bridgehead atoms. The van der Waals surface area contributed by atoms with Crippen molar-refractivity contribution in [3.63, 3.8) is 0 Å². The first-order chi connectivity index (χ1) is 17.9. The van der Waals surface area contributed by atoms with Gasteiger partial charge in [0, 0.05) is 12.8 Å². The minimum absolute atomic E-state index is 0.135. The number of aryl methyl sites for hydroxylation is 1. The van der Waals surface area contributed by atoms with Gasteiger partial charge < -0.3 is 10.2 Å². The number of allylic oxidation sites excluding steroid dienone is 2. The molecular formula is C34H54N2O4. The summed E-state index contributed by atoms with van der Waals surface area (Å²) in [6.45, 7) is 24.5. The quantitative estimate of drug-likeness (QED) is 0.239. The third-order valence-electron chi connectivity index (χ3n) is 8.46. The number of hydrazine groups is 1. The summed E-state index contributed by atoms with van der Waals surface area (Å²) in [6, 6.07) is 9.75. The lowest BCUT2D eigenvalue weighted by Crippen LogP contribution is -2.64. The zero-order valence-corrected chi connectivity index (χ0v) is 27.0. The molecule has 0 radical (unpaired) electrons. The van der Waals surface area contributed by atoms with Crippen molar-refractivity contribution in [2.75, 3.05) is 0 Å². The van der Waals surface area contributed by atoms with E-state index < -0.39 is 27.4 Å². The summed E-state index contributed by atoms with van der Waals surface area (Å²) in [5, 5.41) is 24.1. The van der Waals surface area contributed by atoms with Crippen molar-refractivity contribution in [1.29, 1.82) is 0 Å². The number of amides is 2. The highest BCUT2D eigenvalue weighted by Crippen LogP contribution is 2.64. The van der Waals surface area contributed by atoms with E-state index in [-0.39, 0.29) is 36.0 Å². The fourth-order valence-corrected chi connectivity index (χ4v) is 6.68. The SMILES string of the molecule is CC(C)(C)C1=CC(C(CC(=O)NNC(=O)CCc2ccccc2)C(C)(C)C)=CC(C(C)(C)C)(C(C)(C)C)C1(O)O. The Balaban J connectivity index is 2.44. The summed E-state index contributed by atoms with van der Waals surface area (Å²) in [6.07, 6.45) is 4.93. The van der Waals surface area contributed by atoms with Crippen LogP contribution >= 0.6 is 0 Å². The second-order valence-electron chi connectivity index (χ2n) is 15.6. The molecule has 1 unspecified atom stereocenters. The molecule has 0 aliphatic heterocycles. The van der Waals surface area contributed by atoms with Crippen LogP contribution in [0, 0.1) is 33.0 Å². The van der Waals surface area contributed by atoms with Crippen LogP contribution in [-0.4, -0.2) is 27.8 Å². The molecule has 0 spiro atoms. The van der Waals surface area contributed by atoms with Crippen LogP contribution in [-0.2, 0) is 16.0 Å². The number of benzene rings is 1. The summed E-state index contributed by atoms with van der Waals surface area (Å²) in [7, 11) is 0. The Morgan fingerprint density at radius 3 is 1.75 bits per heavy atom. The summed E-state index contributed by atoms with van der Waals surface area (Å²) in [5.74, 6) is -2.89. The predicted molar refractivity (Wildman–Crippen MR) is 163 cm³/mol. The first kappa shape index (κ1) is 33.8. The predicted octanol–water partition coefficient (Wildman–Crippen LogP) is 6.49. The first-order valence-corrected chi connectivity index (χ1v) is 14.5. The van der Waals surface area contributed by atoms with Gasteiger partial charge in [0.05, 0.1) is 5.41 Å². The molecular weight excluding hydrogens is 500 g/mol. The molecule has 224 valence electrons. The van der Waals surface area contributed by atoms with Gasteiger partial charge in [0.2, 0.25) is 11.8 Å². The smallest absolute Gasteiger partial charge is 0.239 e. The van der Waals surface area contributed by atoms with E-state index in [0.717, 1.165) is 11.1 Å². The summed E-state index contributed by atoms with van der Waals surface area (Å²) in [4.78, 5) is 25.6. The van der Waals surface area contributed by atoms with Crippen LogP contribution in [0.4, 0.5) is 0 Å². The monoisotopic (exact) mass is 554 g/mol. The lowest BCUT2D eigenvalue weighted by molar-refractivity contribution is -0.269. The Morgan fingerprint density at radius 2 is 1.30 bits per heavy atom. The maximum Gasteiger partial charge on any atom is 0.239 e. The van der Waals surface area contributed by atoms with Crippen LogP contribution in [0.1, 0.15) is 101 Å². The molecule has 1 aliphatic rings. The molecule has 1 aliphatic carbocycles. The Bertz CT molecular complexity index is 1100. The molecule has 4 N–H and O–H groups in total. The zero-order valence-electron chi connectivity index (χ0n) is 27.0. The number of rotatable bonds is 6. The van der Waals surface area contributed by atoms with Gasteiger partial charge in [-0.2, -0.15) is 0 Å². The van der Waals surface area contributed by atoms with E-state index >= 15 is 0 Å². The highest BCUT2D eigenvalue weighted by atomic mass is 16.5. The van der Waals surface area contributed by atoms with E-state index in [0.29, 0.717) is 12.0 Å². The van der Waals surface area contributed by atoms with Crippen molar-refractivity contribution in [2.45, 2.75) is 108 Å². The third kappa shape index (κ3) is 7.06. The van der Waals surface area contributed by atoms with Gasteiger partial charge in [-0.05, 0) is 50.7 Å². The van der Waals surface area contributed by atoms with Gasteiger partial charge in [-0.3, -0.25) is 20.4 Å². The molecule has 0 fully saturated rings. The molecule has 1 atom stereocenters. The van der Waals surface area contributed by atoms with Gasteiger partial charge >= 0.3 is 0 Å². The topological polar surface area (TPSA) is 98.7 Å². The number of carbonyl (C=O) groups excluding carboxylic acids is 2. The molecule has 0 saturated carbocycles. The lowest BCUT2D eigenvalue weighted by Gasteiger charge is -2.61. The highest BCUT2D eigenvalue weighted by molar-refractivity contribution is 5.82. The molecule has 0 heterocycles. The Kier molecular flexibility index (Phi) is 9.66. The van der Waals surface area contributed by atoms with Crippen molar-refractivity contribution in [3.8, 4) is 0 Å². The fraction of sp³-hybridized carbons (Fsp3) is 0.647. The van der Waals surface area contributed by atoms with Gasteiger partial charge in [0.15, 0.2) is 5.79 Å². The van der Waals surface area contributed by atoms with Crippen LogP contribution in [0.5, 0.6) is 0 Å². The van der Waals surface area contributed by atoms with Crippen LogP contribution < -0.4 is 10.9 Å². The van der Waals surface area contributed by atoms with Gasteiger partial charge in [-0.25, -0.2) is 0 Å². The summed E-state index contributed by atoms with van der Waals surface area (Å²) < 4.78 is 0. The fourth-order valence-electron chi connectivity index (χ4n) is 6.68. The van der Waals surface area contributed by atoms with Crippen LogP contribution in [0.2, 0.25) is 0 Å². The number of carbonyl (C=O) groups is 2. The van der Waals surface area contributed by atoms with Crippen LogP contribution in [0.3, 0.4) is 0 Å². The molecule has 1 aromatic rings. The van der Waals surface area contributed by atoms with E-state index in [1.54, 1.807) is 0 Å². The molecule has 6 nitrogen and oxygen atoms in total.